The Labute approximate surface area is 199 Å². The molecule has 34 heavy (non-hydrogen) atoms. The van der Waals surface area contributed by atoms with Crippen LogP contribution in [0.1, 0.15) is 56.9 Å². The van der Waals surface area contributed by atoms with Crippen LogP contribution in [0.4, 0.5) is 0 Å². The monoisotopic (exact) mass is 465 g/mol. The topological polar surface area (TPSA) is 140 Å². The fraction of sp³-hybridized carbons (Fsp3) is 0.480. The molecular formula is C25H31N5O4. The summed E-state index contributed by atoms with van der Waals surface area (Å²) in [7, 11) is 0. The average Bonchev–Trinajstić information content (AvgIpc) is 3.00. The van der Waals surface area contributed by atoms with Gasteiger partial charge in [-0.25, -0.2) is 9.97 Å². The molecule has 9 nitrogen and oxygen atoms in total. The zero-order chi connectivity index (χ0) is 23.9. The number of nitrogens with zero attached hydrogens (tertiary/aromatic N) is 2. The van der Waals surface area contributed by atoms with Crippen LogP contribution in [-0.4, -0.2) is 46.4 Å². The third-order valence-corrected chi connectivity index (χ3v) is 6.33. The molecule has 4 N–H and O–H groups in total. The van der Waals surface area contributed by atoms with Crippen LogP contribution in [0.2, 0.25) is 0 Å². The molecule has 1 saturated heterocycles. The molecule has 1 aliphatic heterocycles. The van der Waals surface area contributed by atoms with Crippen molar-refractivity contribution in [2.45, 2.75) is 63.5 Å². The fourth-order valence-electron chi connectivity index (χ4n) is 4.42. The number of hydrogen-bond acceptors (Lipinski definition) is 7. The highest BCUT2D eigenvalue weighted by Gasteiger charge is 2.34. The minimum Gasteiger partial charge on any atom is -0.491 e. The van der Waals surface area contributed by atoms with Gasteiger partial charge in [0.15, 0.2) is 5.82 Å². The van der Waals surface area contributed by atoms with E-state index in [0.29, 0.717) is 30.2 Å². The number of aromatic nitrogens is 2. The predicted octanol–water partition coefficient (Wildman–Crippen LogP) is 2.97. The second kappa shape index (κ2) is 11.1. The van der Waals surface area contributed by atoms with Crippen molar-refractivity contribution in [3.05, 3.63) is 42.2 Å². The first-order valence-electron chi connectivity index (χ1n) is 11.9. The highest BCUT2D eigenvalue weighted by atomic mass is 16.5. The average molecular weight is 466 g/mol. The Hall–Kier alpha value is -3.49. The van der Waals surface area contributed by atoms with Crippen LogP contribution < -0.4 is 15.8 Å². The number of nitrogens with one attached hydrogen (secondary N) is 2. The van der Waals surface area contributed by atoms with Crippen molar-refractivity contribution in [2.24, 2.45) is 11.7 Å². The Morgan fingerprint density at radius 1 is 1.09 bits per heavy atom. The first-order chi connectivity index (χ1) is 16.5. The van der Waals surface area contributed by atoms with E-state index in [-0.39, 0.29) is 42.2 Å². The molecule has 2 aliphatic rings. The standard InChI is InChI=1S/C25H31N5O4/c26-23(27)18-13-28-24(29-14-18)16-7-9-20(10-8-16)33-15-19-11-17(25(32)30-19)12-22(31)34-21-5-3-1-2-4-6-21/h7-10,13-14,17,19,21H,1-6,11-12,15H2,(H3,26,27)(H,30,32)/t17-,19-/m0/s1. The molecule has 2 atom stereocenters. The van der Waals surface area contributed by atoms with Gasteiger partial charge in [0, 0.05) is 18.0 Å². The van der Waals surface area contributed by atoms with Crippen LogP contribution in [0.5, 0.6) is 5.75 Å². The zero-order valence-electron chi connectivity index (χ0n) is 19.2. The zero-order valence-corrected chi connectivity index (χ0v) is 19.2. The molecule has 2 heterocycles. The van der Waals surface area contributed by atoms with E-state index >= 15 is 0 Å². The van der Waals surface area contributed by atoms with Gasteiger partial charge in [-0.2, -0.15) is 0 Å². The largest absolute Gasteiger partial charge is 0.491 e. The van der Waals surface area contributed by atoms with Gasteiger partial charge in [-0.3, -0.25) is 15.0 Å². The number of amides is 1. The van der Waals surface area contributed by atoms with E-state index < -0.39 is 0 Å². The number of rotatable bonds is 8. The van der Waals surface area contributed by atoms with Gasteiger partial charge in [0.1, 0.15) is 24.3 Å². The molecule has 4 rings (SSSR count). The van der Waals surface area contributed by atoms with Gasteiger partial charge in [-0.1, -0.05) is 12.8 Å². The number of nitrogens with two attached hydrogens (primary N) is 1. The summed E-state index contributed by atoms with van der Waals surface area (Å²) in [5, 5.41) is 10.3. The van der Waals surface area contributed by atoms with Crippen LogP contribution >= 0.6 is 0 Å². The first kappa shape index (κ1) is 23.7. The molecule has 0 bridgehead atoms. The lowest BCUT2D eigenvalue weighted by Crippen LogP contribution is -2.31. The normalized spacial score (nSPS) is 20.9. The van der Waals surface area contributed by atoms with Crippen LogP contribution in [0, 0.1) is 11.3 Å². The Kier molecular flexibility index (Phi) is 7.72. The highest BCUT2D eigenvalue weighted by molar-refractivity contribution is 5.94. The number of ether oxygens (including phenoxy) is 2. The summed E-state index contributed by atoms with van der Waals surface area (Å²) in [4.78, 5) is 33.2. The van der Waals surface area contributed by atoms with E-state index in [9.17, 15) is 9.59 Å². The maximum atomic E-state index is 12.4. The predicted molar refractivity (Wildman–Crippen MR) is 126 cm³/mol. The van der Waals surface area contributed by atoms with Crippen molar-refractivity contribution in [1.29, 1.82) is 5.41 Å². The summed E-state index contributed by atoms with van der Waals surface area (Å²) < 4.78 is 11.5. The van der Waals surface area contributed by atoms with Crippen molar-refractivity contribution >= 4 is 17.7 Å². The quantitative estimate of drug-likeness (QED) is 0.236. The number of hydrogen-bond donors (Lipinski definition) is 3. The molecule has 180 valence electrons. The van der Waals surface area contributed by atoms with Gasteiger partial charge in [0.25, 0.3) is 0 Å². The molecule has 1 saturated carbocycles. The van der Waals surface area contributed by atoms with Crippen molar-refractivity contribution in [3.63, 3.8) is 0 Å². The van der Waals surface area contributed by atoms with E-state index in [1.807, 2.05) is 24.3 Å². The van der Waals surface area contributed by atoms with E-state index in [1.54, 1.807) is 0 Å². The minimum absolute atomic E-state index is 0.000889. The van der Waals surface area contributed by atoms with Gasteiger partial charge in [-0.15, -0.1) is 0 Å². The third-order valence-electron chi connectivity index (χ3n) is 6.33. The van der Waals surface area contributed by atoms with Gasteiger partial charge >= 0.3 is 5.97 Å². The lowest BCUT2D eigenvalue weighted by atomic mass is 10.0. The molecule has 2 fully saturated rings. The Bertz CT molecular complexity index is 1000. The summed E-state index contributed by atoms with van der Waals surface area (Å²) in [6, 6.07) is 7.17. The number of carbonyl (C=O) groups excluding carboxylic acids is 2. The number of amidine groups is 1. The lowest BCUT2D eigenvalue weighted by molar-refractivity contribution is -0.152. The molecular weight excluding hydrogens is 434 g/mol. The summed E-state index contributed by atoms with van der Waals surface area (Å²) >= 11 is 0. The summed E-state index contributed by atoms with van der Waals surface area (Å²) in [5.41, 5.74) is 6.71. The van der Waals surface area contributed by atoms with Gasteiger partial charge in [-0.05, 0) is 56.4 Å². The van der Waals surface area contributed by atoms with Crippen molar-refractivity contribution in [1.82, 2.24) is 15.3 Å². The molecule has 1 amide bonds. The number of benzene rings is 1. The first-order valence-corrected chi connectivity index (χ1v) is 11.9. The minimum atomic E-state index is -0.371. The highest BCUT2D eigenvalue weighted by Crippen LogP contribution is 2.25. The van der Waals surface area contributed by atoms with Crippen LogP contribution in [0.25, 0.3) is 11.4 Å². The van der Waals surface area contributed by atoms with Crippen LogP contribution in [-0.2, 0) is 14.3 Å². The van der Waals surface area contributed by atoms with Crippen molar-refractivity contribution in [2.75, 3.05) is 6.61 Å². The van der Waals surface area contributed by atoms with Crippen molar-refractivity contribution < 1.29 is 19.1 Å². The van der Waals surface area contributed by atoms with E-state index in [1.165, 1.54) is 25.2 Å². The molecule has 1 aromatic carbocycles. The third kappa shape index (κ3) is 6.30. The molecule has 2 aromatic rings. The van der Waals surface area contributed by atoms with Crippen LogP contribution in [0.3, 0.4) is 0 Å². The lowest BCUT2D eigenvalue weighted by Gasteiger charge is -2.16. The van der Waals surface area contributed by atoms with E-state index in [0.717, 1.165) is 31.2 Å². The molecule has 1 aromatic heterocycles. The maximum Gasteiger partial charge on any atom is 0.306 e. The maximum absolute atomic E-state index is 12.4. The summed E-state index contributed by atoms with van der Waals surface area (Å²) in [5.74, 6) is 0.348. The molecule has 1 aliphatic carbocycles. The SMILES string of the molecule is N=C(N)c1cnc(-c2ccc(OC[C@@H]3C[C@@H](CC(=O)OC4CCCCCC4)C(=O)N3)cc2)nc1. The van der Waals surface area contributed by atoms with Crippen molar-refractivity contribution in [3.8, 4) is 17.1 Å². The summed E-state index contributed by atoms with van der Waals surface area (Å²) in [6.07, 6.45) is 10.1. The summed E-state index contributed by atoms with van der Waals surface area (Å²) in [6.45, 7) is 0.322. The number of carbonyl (C=O) groups is 2. The molecule has 0 unspecified atom stereocenters. The van der Waals surface area contributed by atoms with Gasteiger partial charge in [0.05, 0.1) is 23.9 Å². The fourth-order valence-corrected chi connectivity index (χ4v) is 4.42. The van der Waals surface area contributed by atoms with E-state index in [2.05, 4.69) is 15.3 Å². The molecule has 0 spiro atoms. The number of nitrogen functional groups attached to an aromatic ring is 1. The number of esters is 1. The molecule has 0 radical (unpaired) electrons. The Balaban J connectivity index is 1.23. The van der Waals surface area contributed by atoms with Gasteiger partial charge < -0.3 is 20.5 Å². The van der Waals surface area contributed by atoms with Crippen LogP contribution in [0.15, 0.2) is 36.7 Å². The second-order valence-electron chi connectivity index (χ2n) is 8.99. The second-order valence-corrected chi connectivity index (χ2v) is 8.99. The van der Waals surface area contributed by atoms with E-state index in [4.69, 9.17) is 20.6 Å². The van der Waals surface area contributed by atoms with Gasteiger partial charge in [0.2, 0.25) is 5.91 Å². The Morgan fingerprint density at radius 3 is 2.41 bits per heavy atom. The smallest absolute Gasteiger partial charge is 0.306 e. The Morgan fingerprint density at radius 2 is 1.76 bits per heavy atom. The molecule has 9 heteroatoms.